The van der Waals surface area contributed by atoms with Gasteiger partial charge < -0.3 is 10.8 Å². The summed E-state index contributed by atoms with van der Waals surface area (Å²) in [6.45, 7) is 0. The molecule has 0 fully saturated rings. The van der Waals surface area contributed by atoms with Gasteiger partial charge in [-0.25, -0.2) is 8.78 Å². The van der Waals surface area contributed by atoms with Crippen LogP contribution in [0.25, 0.3) is 0 Å². The first-order valence-corrected chi connectivity index (χ1v) is 3.80. The van der Waals surface area contributed by atoms with Gasteiger partial charge in [0, 0.05) is 6.20 Å². The first-order chi connectivity index (χ1) is 7.36. The highest BCUT2D eigenvalue weighted by atomic mass is 19.3. The Morgan fingerprint density at radius 3 is 2.56 bits per heavy atom. The van der Waals surface area contributed by atoms with Gasteiger partial charge in [-0.05, 0) is 0 Å². The standard InChI is InChI=1S/C7H5F2N3O4/c8-6(9)3-5(13)4(12(15)16)2(1-11-3)7(10)14/h1,6,13H,(H2,10,14). The van der Waals surface area contributed by atoms with Gasteiger partial charge in [0.1, 0.15) is 5.56 Å². The second-order valence-corrected chi connectivity index (χ2v) is 2.68. The minimum absolute atomic E-state index is 0.529. The molecule has 0 aliphatic heterocycles. The van der Waals surface area contributed by atoms with E-state index in [1.54, 1.807) is 0 Å². The molecule has 9 heteroatoms. The monoisotopic (exact) mass is 233 g/mol. The molecule has 0 bridgehead atoms. The molecule has 0 saturated carbocycles. The van der Waals surface area contributed by atoms with E-state index < -0.39 is 40.0 Å². The lowest BCUT2D eigenvalue weighted by Crippen LogP contribution is -2.14. The minimum atomic E-state index is -3.19. The first kappa shape index (κ1) is 11.8. The van der Waals surface area contributed by atoms with Crippen molar-refractivity contribution in [2.45, 2.75) is 6.43 Å². The maximum Gasteiger partial charge on any atom is 0.327 e. The summed E-state index contributed by atoms with van der Waals surface area (Å²) in [6.07, 6.45) is -2.66. The van der Waals surface area contributed by atoms with Crippen LogP contribution in [0.5, 0.6) is 5.75 Å². The summed E-state index contributed by atoms with van der Waals surface area (Å²) in [5, 5.41) is 19.7. The number of primary amides is 1. The van der Waals surface area contributed by atoms with Gasteiger partial charge in [-0.2, -0.15) is 0 Å². The van der Waals surface area contributed by atoms with Crippen molar-refractivity contribution in [3.8, 4) is 5.75 Å². The number of nitrogens with two attached hydrogens (primary N) is 1. The lowest BCUT2D eigenvalue weighted by atomic mass is 10.2. The van der Waals surface area contributed by atoms with Gasteiger partial charge in [0.15, 0.2) is 5.69 Å². The third kappa shape index (κ3) is 1.87. The summed E-state index contributed by atoms with van der Waals surface area (Å²) < 4.78 is 24.5. The average molecular weight is 233 g/mol. The molecule has 3 N–H and O–H groups in total. The van der Waals surface area contributed by atoms with E-state index in [9.17, 15) is 23.7 Å². The number of nitro groups is 1. The lowest BCUT2D eigenvalue weighted by Gasteiger charge is -2.05. The predicted octanol–water partition coefficient (Wildman–Crippen LogP) is 0.732. The largest absolute Gasteiger partial charge is 0.501 e. The second-order valence-electron chi connectivity index (χ2n) is 2.68. The summed E-state index contributed by atoms with van der Waals surface area (Å²) in [5.74, 6) is -2.59. The van der Waals surface area contributed by atoms with Crippen molar-refractivity contribution in [1.82, 2.24) is 4.98 Å². The highest BCUT2D eigenvalue weighted by Gasteiger charge is 2.30. The van der Waals surface area contributed by atoms with Crippen LogP contribution in [0.1, 0.15) is 22.5 Å². The normalized spacial score (nSPS) is 10.4. The van der Waals surface area contributed by atoms with Crippen LogP contribution < -0.4 is 5.73 Å². The van der Waals surface area contributed by atoms with E-state index in [1.807, 2.05) is 0 Å². The van der Waals surface area contributed by atoms with Crippen LogP contribution in [0.4, 0.5) is 14.5 Å². The minimum Gasteiger partial charge on any atom is -0.501 e. The van der Waals surface area contributed by atoms with Gasteiger partial charge >= 0.3 is 5.69 Å². The molecule has 0 spiro atoms. The van der Waals surface area contributed by atoms with E-state index in [0.717, 1.165) is 0 Å². The number of rotatable bonds is 3. The molecule has 0 aliphatic rings. The Hall–Kier alpha value is -2.32. The number of hydrogen-bond donors (Lipinski definition) is 2. The van der Waals surface area contributed by atoms with Crippen molar-refractivity contribution >= 4 is 11.6 Å². The van der Waals surface area contributed by atoms with Gasteiger partial charge in [-0.15, -0.1) is 0 Å². The molecule has 7 nitrogen and oxygen atoms in total. The van der Waals surface area contributed by atoms with Crippen molar-refractivity contribution in [3.63, 3.8) is 0 Å². The molecular weight excluding hydrogens is 228 g/mol. The SMILES string of the molecule is NC(=O)c1cnc(C(F)F)c(O)c1[N+](=O)[O-]. The van der Waals surface area contributed by atoms with Crippen LogP contribution in [0.15, 0.2) is 6.20 Å². The Kier molecular flexibility index (Phi) is 2.97. The molecule has 1 amide bonds. The zero-order chi connectivity index (χ0) is 12.5. The summed E-state index contributed by atoms with van der Waals surface area (Å²) in [6, 6.07) is 0. The second kappa shape index (κ2) is 4.04. The maximum absolute atomic E-state index is 12.2. The van der Waals surface area contributed by atoms with E-state index in [0.29, 0.717) is 6.20 Å². The molecule has 0 unspecified atom stereocenters. The van der Waals surface area contributed by atoms with Crippen LogP contribution in [0.2, 0.25) is 0 Å². The molecule has 16 heavy (non-hydrogen) atoms. The van der Waals surface area contributed by atoms with E-state index in [1.165, 1.54) is 0 Å². The van der Waals surface area contributed by atoms with Crippen molar-refractivity contribution in [2.75, 3.05) is 0 Å². The van der Waals surface area contributed by atoms with Crippen molar-refractivity contribution in [1.29, 1.82) is 0 Å². The number of hydrogen-bond acceptors (Lipinski definition) is 5. The fraction of sp³-hybridized carbons (Fsp3) is 0.143. The number of carbonyl (C=O) groups excluding carboxylic acids is 1. The van der Waals surface area contributed by atoms with Gasteiger partial charge in [0.2, 0.25) is 5.75 Å². The van der Waals surface area contributed by atoms with E-state index in [2.05, 4.69) is 4.98 Å². The van der Waals surface area contributed by atoms with Crippen LogP contribution in [-0.2, 0) is 0 Å². The zero-order valence-electron chi connectivity index (χ0n) is 7.55. The molecule has 0 aliphatic carbocycles. The number of halogens is 2. The smallest absolute Gasteiger partial charge is 0.327 e. The molecule has 1 rings (SSSR count). The quantitative estimate of drug-likeness (QED) is 0.589. The van der Waals surface area contributed by atoms with Crippen molar-refractivity contribution in [2.24, 2.45) is 5.73 Å². The van der Waals surface area contributed by atoms with E-state index in [-0.39, 0.29) is 0 Å². The summed E-state index contributed by atoms with van der Waals surface area (Å²) in [5.41, 5.74) is 1.70. The predicted molar refractivity (Wildman–Crippen MR) is 46.0 cm³/mol. The van der Waals surface area contributed by atoms with Crippen LogP contribution in [0, 0.1) is 10.1 Å². The molecule has 0 radical (unpaired) electrons. The number of pyridine rings is 1. The van der Waals surface area contributed by atoms with Gasteiger partial charge in [-0.1, -0.05) is 0 Å². The van der Waals surface area contributed by atoms with Gasteiger partial charge in [0.05, 0.1) is 4.92 Å². The lowest BCUT2D eigenvalue weighted by molar-refractivity contribution is -0.386. The Morgan fingerprint density at radius 2 is 2.19 bits per heavy atom. The molecule has 1 aromatic heterocycles. The molecule has 0 atom stereocenters. The number of aromatic nitrogens is 1. The molecular formula is C7H5F2N3O4. The van der Waals surface area contributed by atoms with E-state index in [4.69, 9.17) is 10.8 Å². The van der Waals surface area contributed by atoms with Gasteiger partial charge in [-0.3, -0.25) is 19.9 Å². The molecule has 0 aromatic carbocycles. The number of carbonyl (C=O) groups is 1. The summed E-state index contributed by atoms with van der Waals surface area (Å²) >= 11 is 0. The Bertz CT molecular complexity index is 463. The van der Waals surface area contributed by atoms with Crippen LogP contribution >= 0.6 is 0 Å². The number of amides is 1. The highest BCUT2D eigenvalue weighted by molar-refractivity contribution is 5.97. The topological polar surface area (TPSA) is 119 Å². The van der Waals surface area contributed by atoms with Crippen molar-refractivity contribution < 1.29 is 23.6 Å². The number of alkyl halides is 2. The fourth-order valence-corrected chi connectivity index (χ4v) is 1.03. The molecule has 86 valence electrons. The van der Waals surface area contributed by atoms with Gasteiger partial charge in [0.25, 0.3) is 12.3 Å². The molecule has 1 heterocycles. The van der Waals surface area contributed by atoms with Crippen LogP contribution in [-0.4, -0.2) is 20.9 Å². The van der Waals surface area contributed by atoms with Crippen molar-refractivity contribution in [3.05, 3.63) is 27.6 Å². The maximum atomic E-state index is 12.2. The third-order valence-electron chi connectivity index (χ3n) is 1.71. The van der Waals surface area contributed by atoms with E-state index >= 15 is 0 Å². The summed E-state index contributed by atoms with van der Waals surface area (Å²) in [4.78, 5) is 23.1. The summed E-state index contributed by atoms with van der Waals surface area (Å²) in [7, 11) is 0. The third-order valence-corrected chi connectivity index (χ3v) is 1.71. The number of aromatic hydroxyl groups is 1. The zero-order valence-corrected chi connectivity index (χ0v) is 7.55. The Balaban J connectivity index is 3.54. The molecule has 1 aromatic rings. The Labute approximate surface area is 86.7 Å². The highest BCUT2D eigenvalue weighted by Crippen LogP contribution is 2.36. The fourth-order valence-electron chi connectivity index (χ4n) is 1.03. The Morgan fingerprint density at radius 1 is 1.62 bits per heavy atom. The first-order valence-electron chi connectivity index (χ1n) is 3.80. The van der Waals surface area contributed by atoms with Crippen LogP contribution in [0.3, 0.4) is 0 Å². The number of nitrogens with zero attached hydrogens (tertiary/aromatic N) is 2. The average Bonchev–Trinajstić information content (AvgIpc) is 2.15. The molecule has 0 saturated heterocycles.